The van der Waals surface area contributed by atoms with Crippen LogP contribution in [0.5, 0.6) is 0 Å². The average molecular weight is 396 g/mol. The monoisotopic (exact) mass is 395 g/mol. The zero-order chi connectivity index (χ0) is 20.2. The Morgan fingerprint density at radius 1 is 1.14 bits per heavy atom. The van der Waals surface area contributed by atoms with Crippen LogP contribution >= 0.6 is 0 Å². The third-order valence-corrected chi connectivity index (χ3v) is 5.88. The fourth-order valence-electron chi connectivity index (χ4n) is 4.17. The largest absolute Gasteiger partial charge is 0.455 e. The summed E-state index contributed by atoms with van der Waals surface area (Å²) in [5, 5.41) is 2.99. The molecule has 0 bridgehead atoms. The quantitative estimate of drug-likeness (QED) is 0.845. The number of nitrogens with one attached hydrogen (secondary N) is 1. The number of rotatable bonds is 5. The molecule has 29 heavy (non-hydrogen) atoms. The standard InChI is InChI=1S/C23H29N3O3/c1-17-9-11-25(12-10-17)15-20-7-8-21(29-20)23(28)26-14-19(24-22(27)16-26)13-18-5-3-2-4-6-18/h2-8,17,19H,9-16H2,1H3,(H,24,27)/t19-/m0/s1. The van der Waals surface area contributed by atoms with Crippen LogP contribution in [-0.4, -0.2) is 53.8 Å². The molecule has 2 fully saturated rings. The lowest BCUT2D eigenvalue weighted by atomic mass is 9.99. The number of carbonyl (C=O) groups is 2. The average Bonchev–Trinajstić information content (AvgIpc) is 3.18. The van der Waals surface area contributed by atoms with Crippen molar-refractivity contribution in [2.45, 2.75) is 38.8 Å². The second-order valence-corrected chi connectivity index (χ2v) is 8.36. The van der Waals surface area contributed by atoms with Crippen LogP contribution in [0.1, 0.15) is 41.6 Å². The molecular weight excluding hydrogens is 366 g/mol. The second-order valence-electron chi connectivity index (χ2n) is 8.36. The molecule has 2 amide bonds. The maximum Gasteiger partial charge on any atom is 0.290 e. The first-order valence-electron chi connectivity index (χ1n) is 10.5. The zero-order valence-electron chi connectivity index (χ0n) is 17.0. The van der Waals surface area contributed by atoms with Gasteiger partial charge in [-0.3, -0.25) is 14.5 Å². The topological polar surface area (TPSA) is 65.8 Å². The van der Waals surface area contributed by atoms with Gasteiger partial charge >= 0.3 is 0 Å². The smallest absolute Gasteiger partial charge is 0.290 e. The van der Waals surface area contributed by atoms with E-state index in [1.807, 2.05) is 36.4 Å². The molecule has 6 heteroatoms. The van der Waals surface area contributed by atoms with E-state index in [-0.39, 0.29) is 24.4 Å². The van der Waals surface area contributed by atoms with Crippen LogP contribution < -0.4 is 5.32 Å². The van der Waals surface area contributed by atoms with Gasteiger partial charge in [0.15, 0.2) is 5.76 Å². The molecule has 2 saturated heterocycles. The van der Waals surface area contributed by atoms with E-state index in [0.717, 1.165) is 36.9 Å². The molecule has 1 aromatic carbocycles. The minimum atomic E-state index is -0.212. The van der Waals surface area contributed by atoms with Gasteiger partial charge in [-0.25, -0.2) is 0 Å². The van der Waals surface area contributed by atoms with Crippen molar-refractivity contribution in [3.05, 3.63) is 59.5 Å². The number of furan rings is 1. The summed E-state index contributed by atoms with van der Waals surface area (Å²) in [4.78, 5) is 29.1. The number of hydrogen-bond donors (Lipinski definition) is 1. The maximum absolute atomic E-state index is 12.9. The van der Waals surface area contributed by atoms with Crippen molar-refractivity contribution in [1.29, 1.82) is 0 Å². The first-order chi connectivity index (χ1) is 14.1. The molecule has 1 aromatic heterocycles. The van der Waals surface area contributed by atoms with E-state index in [1.54, 1.807) is 11.0 Å². The van der Waals surface area contributed by atoms with E-state index in [0.29, 0.717) is 18.7 Å². The van der Waals surface area contributed by atoms with E-state index in [1.165, 1.54) is 12.8 Å². The molecular formula is C23H29N3O3. The zero-order valence-corrected chi connectivity index (χ0v) is 17.0. The first-order valence-corrected chi connectivity index (χ1v) is 10.5. The molecule has 1 atom stereocenters. The highest BCUT2D eigenvalue weighted by Gasteiger charge is 2.30. The van der Waals surface area contributed by atoms with Gasteiger partial charge in [0.1, 0.15) is 12.3 Å². The molecule has 2 aromatic rings. The molecule has 6 nitrogen and oxygen atoms in total. The Hall–Kier alpha value is -2.60. The molecule has 4 rings (SSSR count). The number of piperidine rings is 1. The Labute approximate surface area is 171 Å². The lowest BCUT2D eigenvalue weighted by Crippen LogP contribution is -2.56. The molecule has 0 radical (unpaired) electrons. The fraction of sp³-hybridized carbons (Fsp3) is 0.478. The summed E-state index contributed by atoms with van der Waals surface area (Å²) in [6, 6.07) is 13.5. The van der Waals surface area contributed by atoms with Crippen LogP contribution in [0.4, 0.5) is 0 Å². The van der Waals surface area contributed by atoms with E-state index in [9.17, 15) is 9.59 Å². The SMILES string of the molecule is CC1CCN(Cc2ccc(C(=O)N3CC(=O)N[C@@H](Cc4ccccc4)C3)o2)CC1. The molecule has 154 valence electrons. The Balaban J connectivity index is 1.37. The Morgan fingerprint density at radius 2 is 1.90 bits per heavy atom. The Kier molecular flexibility index (Phi) is 6.00. The van der Waals surface area contributed by atoms with Gasteiger partial charge in [0.05, 0.1) is 12.6 Å². The van der Waals surface area contributed by atoms with Gasteiger partial charge in [-0.05, 0) is 56.0 Å². The van der Waals surface area contributed by atoms with Gasteiger partial charge in [-0.2, -0.15) is 0 Å². The van der Waals surface area contributed by atoms with Gasteiger partial charge in [0, 0.05) is 6.54 Å². The van der Waals surface area contributed by atoms with Crippen LogP contribution in [0.15, 0.2) is 46.9 Å². The van der Waals surface area contributed by atoms with Crippen molar-refractivity contribution < 1.29 is 14.0 Å². The summed E-state index contributed by atoms with van der Waals surface area (Å²) in [7, 11) is 0. The van der Waals surface area contributed by atoms with Gasteiger partial charge in [0.2, 0.25) is 5.91 Å². The summed E-state index contributed by atoms with van der Waals surface area (Å²) >= 11 is 0. The van der Waals surface area contributed by atoms with Gasteiger partial charge in [0.25, 0.3) is 5.91 Å². The van der Waals surface area contributed by atoms with Crippen LogP contribution in [0.25, 0.3) is 0 Å². The highest BCUT2D eigenvalue weighted by Crippen LogP contribution is 2.20. The van der Waals surface area contributed by atoms with Crippen LogP contribution in [0.3, 0.4) is 0 Å². The van der Waals surface area contributed by atoms with E-state index >= 15 is 0 Å². The molecule has 0 spiro atoms. The minimum Gasteiger partial charge on any atom is -0.455 e. The van der Waals surface area contributed by atoms with Crippen molar-refractivity contribution in [2.24, 2.45) is 5.92 Å². The molecule has 0 aliphatic carbocycles. The van der Waals surface area contributed by atoms with Crippen LogP contribution in [0, 0.1) is 5.92 Å². The van der Waals surface area contributed by atoms with E-state index < -0.39 is 0 Å². The number of amides is 2. The summed E-state index contributed by atoms with van der Waals surface area (Å²) in [5.41, 5.74) is 1.14. The predicted octanol–water partition coefficient (Wildman–Crippen LogP) is 2.69. The van der Waals surface area contributed by atoms with Gasteiger partial charge in [-0.1, -0.05) is 37.3 Å². The number of nitrogens with zero attached hydrogens (tertiary/aromatic N) is 2. The number of piperazine rings is 1. The summed E-state index contributed by atoms with van der Waals surface area (Å²) < 4.78 is 5.85. The van der Waals surface area contributed by atoms with Crippen molar-refractivity contribution in [3.63, 3.8) is 0 Å². The summed E-state index contributed by atoms with van der Waals surface area (Å²) in [6.07, 6.45) is 3.11. The molecule has 2 aliphatic rings. The number of benzene rings is 1. The summed E-state index contributed by atoms with van der Waals surface area (Å²) in [6.45, 7) is 5.72. The lowest BCUT2D eigenvalue weighted by Gasteiger charge is -2.32. The van der Waals surface area contributed by atoms with E-state index in [4.69, 9.17) is 4.42 Å². The third-order valence-electron chi connectivity index (χ3n) is 5.88. The van der Waals surface area contributed by atoms with Crippen LogP contribution in [-0.2, 0) is 17.8 Å². The highest BCUT2D eigenvalue weighted by atomic mass is 16.4. The second kappa shape index (κ2) is 8.82. The molecule has 1 N–H and O–H groups in total. The minimum absolute atomic E-state index is 0.0736. The van der Waals surface area contributed by atoms with Gasteiger partial charge in [-0.15, -0.1) is 0 Å². The third kappa shape index (κ3) is 5.07. The fourth-order valence-corrected chi connectivity index (χ4v) is 4.17. The normalized spacial score (nSPS) is 21.2. The van der Waals surface area contributed by atoms with Crippen molar-refractivity contribution in [3.8, 4) is 0 Å². The Morgan fingerprint density at radius 3 is 2.66 bits per heavy atom. The maximum atomic E-state index is 12.9. The predicted molar refractivity (Wildman–Crippen MR) is 110 cm³/mol. The molecule has 0 saturated carbocycles. The van der Waals surface area contributed by atoms with E-state index in [2.05, 4.69) is 17.1 Å². The van der Waals surface area contributed by atoms with Crippen molar-refractivity contribution in [2.75, 3.05) is 26.2 Å². The molecule has 2 aliphatic heterocycles. The number of hydrogen-bond acceptors (Lipinski definition) is 4. The number of likely N-dealkylation sites (tertiary alicyclic amines) is 1. The highest BCUT2D eigenvalue weighted by molar-refractivity contribution is 5.95. The Bertz CT molecular complexity index is 840. The molecule has 3 heterocycles. The molecule has 0 unspecified atom stereocenters. The number of carbonyl (C=O) groups excluding carboxylic acids is 2. The lowest BCUT2D eigenvalue weighted by molar-refractivity contribution is -0.124. The van der Waals surface area contributed by atoms with Crippen molar-refractivity contribution in [1.82, 2.24) is 15.1 Å². The van der Waals surface area contributed by atoms with Gasteiger partial charge < -0.3 is 14.6 Å². The summed E-state index contributed by atoms with van der Waals surface area (Å²) in [5.74, 6) is 1.58. The van der Waals surface area contributed by atoms with Crippen molar-refractivity contribution >= 4 is 11.8 Å². The van der Waals surface area contributed by atoms with Crippen LogP contribution in [0.2, 0.25) is 0 Å². The first kappa shape index (κ1) is 19.7.